The number of hydrogen-bond donors (Lipinski definition) is 0. The fourth-order valence-corrected chi connectivity index (χ4v) is 1.03. The lowest BCUT2D eigenvalue weighted by Crippen LogP contribution is -1.71. The van der Waals surface area contributed by atoms with Gasteiger partial charge in [0.1, 0.15) is 0 Å². The van der Waals surface area contributed by atoms with Crippen LogP contribution in [0.5, 0.6) is 0 Å². The first-order valence-corrected chi connectivity index (χ1v) is 3.55. The third-order valence-electron chi connectivity index (χ3n) is 1.07. The van der Waals surface area contributed by atoms with Crippen molar-refractivity contribution in [3.8, 4) is 0 Å². The fraction of sp³-hybridized carbons (Fsp3) is 0.500. The second-order valence-electron chi connectivity index (χ2n) is 1.80. The first-order chi connectivity index (χ1) is 3.89. The number of aliphatic imine (C=N–C) groups is 1. The molecule has 0 bridgehead atoms. The normalized spacial score (nSPS) is 19.9. The van der Waals surface area contributed by atoms with E-state index < -0.39 is 0 Å². The van der Waals surface area contributed by atoms with Crippen LogP contribution in [0.3, 0.4) is 0 Å². The molecule has 0 amide bonds. The van der Waals surface area contributed by atoms with E-state index in [0.29, 0.717) is 0 Å². The Morgan fingerprint density at radius 2 is 2.50 bits per heavy atom. The second kappa shape index (κ2) is 3.02. The number of nitrogens with zero attached hydrogens (tertiary/aromatic N) is 1. The summed E-state index contributed by atoms with van der Waals surface area (Å²) >= 11 is 3.39. The summed E-state index contributed by atoms with van der Waals surface area (Å²) in [4.78, 5) is 4.02. The van der Waals surface area contributed by atoms with Crippen LogP contribution in [-0.4, -0.2) is 6.21 Å². The molecule has 0 spiro atoms. The summed E-state index contributed by atoms with van der Waals surface area (Å²) in [6.07, 6.45) is 7.30. The van der Waals surface area contributed by atoms with Crippen molar-refractivity contribution < 1.29 is 0 Å². The van der Waals surface area contributed by atoms with Crippen molar-refractivity contribution in [1.82, 2.24) is 0 Å². The van der Waals surface area contributed by atoms with Crippen molar-refractivity contribution >= 4 is 22.1 Å². The first-order valence-electron chi connectivity index (χ1n) is 2.76. The van der Waals surface area contributed by atoms with Gasteiger partial charge in [-0.3, -0.25) is 4.99 Å². The summed E-state index contributed by atoms with van der Waals surface area (Å²) in [5.41, 5.74) is 0. The molecule has 0 unspecified atom stereocenters. The van der Waals surface area contributed by atoms with Crippen LogP contribution >= 0.6 is 15.9 Å². The van der Waals surface area contributed by atoms with Crippen LogP contribution < -0.4 is 0 Å². The van der Waals surface area contributed by atoms with Gasteiger partial charge in [-0.25, -0.2) is 0 Å². The van der Waals surface area contributed by atoms with E-state index in [1.807, 2.05) is 12.4 Å². The van der Waals surface area contributed by atoms with Crippen LogP contribution in [0.25, 0.3) is 0 Å². The van der Waals surface area contributed by atoms with Gasteiger partial charge in [-0.1, -0.05) is 15.9 Å². The van der Waals surface area contributed by atoms with Crippen molar-refractivity contribution in [1.29, 1.82) is 0 Å². The molecule has 0 radical (unpaired) electrons. The summed E-state index contributed by atoms with van der Waals surface area (Å²) in [5.74, 6) is 0. The lowest BCUT2D eigenvalue weighted by molar-refractivity contribution is 0.905. The summed E-state index contributed by atoms with van der Waals surface area (Å²) in [7, 11) is 0. The quantitative estimate of drug-likeness (QED) is 0.534. The Morgan fingerprint density at radius 1 is 1.62 bits per heavy atom. The van der Waals surface area contributed by atoms with E-state index in [0.717, 1.165) is 12.8 Å². The number of allylic oxidation sites excluding steroid dienone is 1. The molecule has 0 aromatic heterocycles. The van der Waals surface area contributed by atoms with Gasteiger partial charge in [0.05, 0.1) is 0 Å². The molecule has 0 aromatic carbocycles. The molecule has 8 heavy (non-hydrogen) atoms. The molecule has 0 aromatic rings. The van der Waals surface area contributed by atoms with Gasteiger partial charge < -0.3 is 0 Å². The van der Waals surface area contributed by atoms with Gasteiger partial charge in [-0.15, -0.1) is 0 Å². The third-order valence-corrected chi connectivity index (χ3v) is 1.67. The first kappa shape index (κ1) is 6.02. The predicted molar refractivity (Wildman–Crippen MR) is 39.4 cm³/mol. The lowest BCUT2D eigenvalue weighted by atomic mass is 10.2. The van der Waals surface area contributed by atoms with E-state index in [1.54, 1.807) is 0 Å². The molecule has 0 aliphatic carbocycles. The van der Waals surface area contributed by atoms with Gasteiger partial charge in [0.15, 0.2) is 0 Å². The van der Waals surface area contributed by atoms with Crippen LogP contribution in [0, 0.1) is 0 Å². The Labute approximate surface area is 57.6 Å². The molecule has 0 saturated heterocycles. The predicted octanol–water partition coefficient (Wildman–Crippen LogP) is 2.48. The Kier molecular flexibility index (Phi) is 2.27. The average Bonchev–Trinajstić information content (AvgIpc) is 1.94. The van der Waals surface area contributed by atoms with Crippen molar-refractivity contribution in [3.63, 3.8) is 0 Å². The van der Waals surface area contributed by atoms with Gasteiger partial charge >= 0.3 is 0 Å². The zero-order valence-electron chi connectivity index (χ0n) is 4.60. The van der Waals surface area contributed by atoms with E-state index in [9.17, 15) is 0 Å². The number of rotatable bonds is 0. The zero-order valence-corrected chi connectivity index (χ0v) is 6.19. The molecule has 1 heterocycles. The molecule has 0 saturated carbocycles. The fourth-order valence-electron chi connectivity index (χ4n) is 0.635. The molecular formula is C6H8BrN. The largest absolute Gasteiger partial charge is 0.268 e. The standard InChI is InChI=1S/C6H8BrN/c7-6-3-1-2-4-8-5-6/h4-5H,1-3H2. The molecule has 1 rings (SSSR count). The van der Waals surface area contributed by atoms with Gasteiger partial charge in [0.2, 0.25) is 0 Å². The van der Waals surface area contributed by atoms with Crippen molar-refractivity contribution in [3.05, 3.63) is 10.7 Å². The van der Waals surface area contributed by atoms with Crippen LogP contribution in [0.15, 0.2) is 15.7 Å². The lowest BCUT2D eigenvalue weighted by Gasteiger charge is -1.88. The molecular weight excluding hydrogens is 166 g/mol. The minimum absolute atomic E-state index is 1.12. The minimum atomic E-state index is 1.12. The Balaban J connectivity index is 2.52. The van der Waals surface area contributed by atoms with E-state index in [2.05, 4.69) is 20.9 Å². The maximum Gasteiger partial charge on any atom is 0.0365 e. The van der Waals surface area contributed by atoms with Crippen LogP contribution in [0.4, 0.5) is 0 Å². The topological polar surface area (TPSA) is 12.4 Å². The molecule has 1 aliphatic rings. The average molecular weight is 174 g/mol. The number of hydrogen-bond acceptors (Lipinski definition) is 1. The van der Waals surface area contributed by atoms with Gasteiger partial charge in [-0.05, 0) is 19.3 Å². The highest BCUT2D eigenvalue weighted by Crippen LogP contribution is 2.15. The Bertz CT molecular complexity index is 126. The highest BCUT2D eigenvalue weighted by molar-refractivity contribution is 9.11. The molecule has 2 heteroatoms. The van der Waals surface area contributed by atoms with Crippen molar-refractivity contribution in [2.24, 2.45) is 4.99 Å². The number of halogens is 1. The van der Waals surface area contributed by atoms with E-state index in [-0.39, 0.29) is 0 Å². The van der Waals surface area contributed by atoms with Crippen LogP contribution in [0.2, 0.25) is 0 Å². The summed E-state index contributed by atoms with van der Waals surface area (Å²) in [5, 5.41) is 0. The van der Waals surface area contributed by atoms with Gasteiger partial charge in [0.25, 0.3) is 0 Å². The van der Waals surface area contributed by atoms with E-state index >= 15 is 0 Å². The molecule has 0 atom stereocenters. The van der Waals surface area contributed by atoms with E-state index in [4.69, 9.17) is 0 Å². The van der Waals surface area contributed by atoms with E-state index in [1.165, 1.54) is 10.9 Å². The summed E-state index contributed by atoms with van der Waals surface area (Å²) in [6, 6.07) is 0. The smallest absolute Gasteiger partial charge is 0.0365 e. The summed E-state index contributed by atoms with van der Waals surface area (Å²) < 4.78 is 1.21. The van der Waals surface area contributed by atoms with Crippen molar-refractivity contribution in [2.75, 3.05) is 0 Å². The SMILES string of the molecule is BrC1=CN=CCCC1. The zero-order chi connectivity index (χ0) is 5.82. The monoisotopic (exact) mass is 173 g/mol. The van der Waals surface area contributed by atoms with Gasteiger partial charge in [0, 0.05) is 16.9 Å². The maximum absolute atomic E-state index is 4.02. The molecule has 0 fully saturated rings. The van der Waals surface area contributed by atoms with Gasteiger partial charge in [-0.2, -0.15) is 0 Å². The Hall–Kier alpha value is -0.110. The molecule has 44 valence electrons. The third kappa shape index (κ3) is 1.78. The highest BCUT2D eigenvalue weighted by Gasteiger charge is 1.92. The van der Waals surface area contributed by atoms with Crippen LogP contribution in [0.1, 0.15) is 19.3 Å². The van der Waals surface area contributed by atoms with Crippen molar-refractivity contribution in [2.45, 2.75) is 19.3 Å². The highest BCUT2D eigenvalue weighted by atomic mass is 79.9. The molecule has 1 aliphatic heterocycles. The summed E-state index contributed by atoms with van der Waals surface area (Å²) in [6.45, 7) is 0. The second-order valence-corrected chi connectivity index (χ2v) is 2.82. The molecule has 1 nitrogen and oxygen atoms in total. The van der Waals surface area contributed by atoms with Crippen LogP contribution in [-0.2, 0) is 0 Å². The molecule has 0 N–H and O–H groups in total. The Morgan fingerprint density at radius 3 is 3.38 bits per heavy atom. The minimum Gasteiger partial charge on any atom is -0.268 e. The maximum atomic E-state index is 4.02.